The average Bonchev–Trinajstić information content (AvgIpc) is 2.91. The molecule has 29 heavy (non-hydrogen) atoms. The predicted octanol–water partition coefficient (Wildman–Crippen LogP) is 3.36. The van der Waals surface area contributed by atoms with Crippen LogP contribution < -0.4 is 10.2 Å². The number of para-hydroxylation sites is 1. The summed E-state index contributed by atoms with van der Waals surface area (Å²) in [6.07, 6.45) is 0. The number of benzene rings is 3. The molecule has 146 valence electrons. The van der Waals surface area contributed by atoms with Crippen LogP contribution in [-0.4, -0.2) is 23.5 Å². The maximum atomic E-state index is 13.8. The van der Waals surface area contributed by atoms with Crippen LogP contribution in [0.2, 0.25) is 0 Å². The molecule has 0 aliphatic carbocycles. The molecular formula is C23H19FN2O3. The second-order valence-electron chi connectivity index (χ2n) is 7.05. The number of hydrogen-bond acceptors (Lipinski definition) is 3. The van der Waals surface area contributed by atoms with Crippen molar-refractivity contribution < 1.29 is 19.1 Å². The number of anilines is 2. The molecule has 0 bridgehead atoms. The van der Waals surface area contributed by atoms with E-state index in [-0.39, 0.29) is 12.1 Å². The number of rotatable bonds is 4. The summed E-state index contributed by atoms with van der Waals surface area (Å²) in [7, 11) is 0. The summed E-state index contributed by atoms with van der Waals surface area (Å²) in [5, 5.41) is 14.1. The molecule has 1 heterocycles. The van der Waals surface area contributed by atoms with Gasteiger partial charge in [-0.2, -0.15) is 0 Å². The largest absolute Gasteiger partial charge is 0.372 e. The Balaban J connectivity index is 1.67. The Kier molecular flexibility index (Phi) is 4.64. The molecule has 1 aliphatic heterocycles. The van der Waals surface area contributed by atoms with Crippen molar-refractivity contribution in [3.05, 3.63) is 95.3 Å². The van der Waals surface area contributed by atoms with Crippen LogP contribution in [0.15, 0.2) is 72.8 Å². The van der Waals surface area contributed by atoms with Crippen molar-refractivity contribution in [3.63, 3.8) is 0 Å². The van der Waals surface area contributed by atoms with Gasteiger partial charge in [-0.1, -0.05) is 42.5 Å². The summed E-state index contributed by atoms with van der Waals surface area (Å²) in [5.41, 5.74) is 0.419. The molecule has 3 aromatic carbocycles. The number of aliphatic hydroxyl groups is 1. The summed E-state index contributed by atoms with van der Waals surface area (Å²) in [5.74, 6) is -1.65. The van der Waals surface area contributed by atoms with E-state index in [0.29, 0.717) is 16.9 Å². The normalized spacial score (nSPS) is 17.9. The number of nitrogens with one attached hydrogen (secondary N) is 1. The summed E-state index contributed by atoms with van der Waals surface area (Å²) < 4.78 is 13.8. The third-order valence-electron chi connectivity index (χ3n) is 4.99. The molecule has 0 saturated heterocycles. The van der Waals surface area contributed by atoms with Crippen LogP contribution >= 0.6 is 0 Å². The van der Waals surface area contributed by atoms with Gasteiger partial charge in [-0.3, -0.25) is 14.5 Å². The molecule has 1 atom stereocenters. The van der Waals surface area contributed by atoms with Gasteiger partial charge >= 0.3 is 0 Å². The number of halogens is 1. The lowest BCUT2D eigenvalue weighted by atomic mass is 9.87. The van der Waals surface area contributed by atoms with E-state index in [4.69, 9.17) is 0 Å². The Morgan fingerprint density at radius 3 is 2.59 bits per heavy atom. The molecule has 0 fully saturated rings. The first-order valence-electron chi connectivity index (χ1n) is 9.16. The van der Waals surface area contributed by atoms with Crippen LogP contribution in [0, 0.1) is 12.7 Å². The van der Waals surface area contributed by atoms with Crippen LogP contribution in [0.25, 0.3) is 0 Å². The van der Waals surface area contributed by atoms with Crippen molar-refractivity contribution >= 4 is 23.2 Å². The van der Waals surface area contributed by atoms with Gasteiger partial charge in [0.15, 0.2) is 5.60 Å². The molecule has 6 heteroatoms. The molecule has 0 radical (unpaired) electrons. The van der Waals surface area contributed by atoms with Gasteiger partial charge in [-0.25, -0.2) is 4.39 Å². The summed E-state index contributed by atoms with van der Waals surface area (Å²) >= 11 is 0. The maximum Gasteiger partial charge on any atom is 0.268 e. The zero-order valence-corrected chi connectivity index (χ0v) is 15.7. The number of aryl methyl sites for hydroxylation is 1. The predicted molar refractivity (Wildman–Crippen MR) is 108 cm³/mol. The lowest BCUT2D eigenvalue weighted by Crippen LogP contribution is -2.44. The van der Waals surface area contributed by atoms with Crippen molar-refractivity contribution in [1.29, 1.82) is 0 Å². The molecular weight excluding hydrogens is 371 g/mol. The van der Waals surface area contributed by atoms with E-state index in [9.17, 15) is 19.1 Å². The minimum Gasteiger partial charge on any atom is -0.372 e. The molecule has 4 rings (SSSR count). The van der Waals surface area contributed by atoms with Crippen molar-refractivity contribution in [1.82, 2.24) is 0 Å². The molecule has 1 aliphatic rings. The highest BCUT2D eigenvalue weighted by Crippen LogP contribution is 2.44. The lowest BCUT2D eigenvalue weighted by Gasteiger charge is -2.23. The van der Waals surface area contributed by atoms with E-state index in [1.165, 1.54) is 23.1 Å². The summed E-state index contributed by atoms with van der Waals surface area (Å²) in [6, 6.07) is 19.3. The van der Waals surface area contributed by atoms with E-state index >= 15 is 0 Å². The second kappa shape index (κ2) is 7.14. The zero-order valence-electron chi connectivity index (χ0n) is 15.7. The fourth-order valence-electron chi connectivity index (χ4n) is 3.65. The van der Waals surface area contributed by atoms with Gasteiger partial charge in [0.1, 0.15) is 12.4 Å². The molecule has 0 aromatic heterocycles. The number of carbonyl (C=O) groups is 2. The maximum absolute atomic E-state index is 13.8. The standard InChI is InChI=1S/C23H19FN2O3/c1-15-6-4-9-18(12-15)25-21(27)14-26-20-11-3-2-10-19(20)23(29,22(26)28)16-7-5-8-17(24)13-16/h2-13,29H,14H2,1H3,(H,25,27)/t23-/m0/s1. The summed E-state index contributed by atoms with van der Waals surface area (Å²) in [6.45, 7) is 1.64. The van der Waals surface area contributed by atoms with Gasteiger partial charge in [-0.05, 0) is 42.8 Å². The van der Waals surface area contributed by atoms with Crippen molar-refractivity contribution in [2.75, 3.05) is 16.8 Å². The number of amides is 2. The van der Waals surface area contributed by atoms with Gasteiger partial charge < -0.3 is 10.4 Å². The van der Waals surface area contributed by atoms with E-state index in [1.54, 1.807) is 30.3 Å². The lowest BCUT2D eigenvalue weighted by molar-refractivity contribution is -0.133. The highest BCUT2D eigenvalue weighted by molar-refractivity contribution is 6.12. The highest BCUT2D eigenvalue weighted by Gasteiger charge is 2.51. The monoisotopic (exact) mass is 390 g/mol. The van der Waals surface area contributed by atoms with Gasteiger partial charge in [0.25, 0.3) is 5.91 Å². The fourth-order valence-corrected chi connectivity index (χ4v) is 3.65. The third-order valence-corrected chi connectivity index (χ3v) is 4.99. The van der Waals surface area contributed by atoms with E-state index < -0.39 is 23.2 Å². The van der Waals surface area contributed by atoms with Crippen LogP contribution in [-0.2, 0) is 15.2 Å². The Labute approximate surface area is 167 Å². The highest BCUT2D eigenvalue weighted by atomic mass is 19.1. The second-order valence-corrected chi connectivity index (χ2v) is 7.05. The van der Waals surface area contributed by atoms with Crippen LogP contribution in [0.5, 0.6) is 0 Å². The zero-order chi connectivity index (χ0) is 20.6. The quantitative estimate of drug-likeness (QED) is 0.718. The molecule has 5 nitrogen and oxygen atoms in total. The van der Waals surface area contributed by atoms with E-state index in [0.717, 1.165) is 11.6 Å². The van der Waals surface area contributed by atoms with Crippen LogP contribution in [0.3, 0.4) is 0 Å². The number of hydrogen-bond donors (Lipinski definition) is 2. The molecule has 3 aromatic rings. The third kappa shape index (κ3) is 3.28. The SMILES string of the molecule is Cc1cccc(NC(=O)CN2C(=O)[C@](O)(c3cccc(F)c3)c3ccccc32)c1. The first-order chi connectivity index (χ1) is 13.9. The minimum atomic E-state index is -2.05. The molecule has 2 amide bonds. The first kappa shape index (κ1) is 18.8. The van der Waals surface area contributed by atoms with Gasteiger partial charge in [0, 0.05) is 16.8 Å². The molecule has 2 N–H and O–H groups in total. The van der Waals surface area contributed by atoms with Gasteiger partial charge in [0.05, 0.1) is 5.69 Å². The molecule has 0 spiro atoms. The fraction of sp³-hybridized carbons (Fsp3) is 0.130. The number of fused-ring (bicyclic) bond motifs is 1. The molecule has 0 saturated carbocycles. The van der Waals surface area contributed by atoms with Gasteiger partial charge in [-0.15, -0.1) is 0 Å². The molecule has 0 unspecified atom stereocenters. The Bertz CT molecular complexity index is 1110. The Morgan fingerprint density at radius 2 is 1.83 bits per heavy atom. The van der Waals surface area contributed by atoms with Crippen molar-refractivity contribution in [2.24, 2.45) is 0 Å². The number of nitrogens with zero attached hydrogens (tertiary/aromatic N) is 1. The van der Waals surface area contributed by atoms with E-state index in [1.807, 2.05) is 25.1 Å². The Morgan fingerprint density at radius 1 is 1.07 bits per heavy atom. The average molecular weight is 390 g/mol. The first-order valence-corrected chi connectivity index (χ1v) is 9.16. The van der Waals surface area contributed by atoms with Crippen molar-refractivity contribution in [3.8, 4) is 0 Å². The van der Waals surface area contributed by atoms with Crippen molar-refractivity contribution in [2.45, 2.75) is 12.5 Å². The topological polar surface area (TPSA) is 69.6 Å². The minimum absolute atomic E-state index is 0.122. The Hall–Kier alpha value is -3.51. The number of carbonyl (C=O) groups excluding carboxylic acids is 2. The smallest absolute Gasteiger partial charge is 0.268 e. The summed E-state index contributed by atoms with van der Waals surface area (Å²) in [4.78, 5) is 27.0. The van der Waals surface area contributed by atoms with E-state index in [2.05, 4.69) is 5.32 Å². The van der Waals surface area contributed by atoms with Crippen LogP contribution in [0.4, 0.5) is 15.8 Å². The van der Waals surface area contributed by atoms with Gasteiger partial charge in [0.2, 0.25) is 5.91 Å². The van der Waals surface area contributed by atoms with Crippen LogP contribution in [0.1, 0.15) is 16.7 Å².